The quantitative estimate of drug-likeness (QED) is 0.614. The average molecular weight is 520 g/mol. The predicted molar refractivity (Wildman–Crippen MR) is 124 cm³/mol. The van der Waals surface area contributed by atoms with E-state index in [1.807, 2.05) is 0 Å². The van der Waals surface area contributed by atoms with Gasteiger partial charge in [0.1, 0.15) is 6.04 Å². The van der Waals surface area contributed by atoms with Crippen molar-refractivity contribution < 1.29 is 32.6 Å². The SMILES string of the molecule is CN(C(=O)O)C(C(=O)N1CC[C@@H]2CC[C@H](Oc3cnc(C4CC4)cn3)N2C1)c1ccc(C(F)(F)F)cc1. The van der Waals surface area contributed by atoms with Gasteiger partial charge in [0.05, 0.1) is 30.3 Å². The maximum Gasteiger partial charge on any atom is 0.416 e. The van der Waals surface area contributed by atoms with Crippen LogP contribution in [0.4, 0.5) is 18.0 Å². The van der Waals surface area contributed by atoms with Gasteiger partial charge in [-0.1, -0.05) is 12.1 Å². The van der Waals surface area contributed by atoms with E-state index >= 15 is 0 Å². The lowest BCUT2D eigenvalue weighted by Gasteiger charge is -2.42. The lowest BCUT2D eigenvalue weighted by Crippen LogP contribution is -2.55. The van der Waals surface area contributed by atoms with Crippen LogP contribution in [0.1, 0.15) is 60.9 Å². The van der Waals surface area contributed by atoms with Gasteiger partial charge in [0.25, 0.3) is 5.91 Å². The van der Waals surface area contributed by atoms with Crippen LogP contribution in [0.5, 0.6) is 5.88 Å². The number of rotatable bonds is 6. The zero-order valence-corrected chi connectivity index (χ0v) is 20.3. The number of carbonyl (C=O) groups excluding carboxylic acids is 1. The minimum absolute atomic E-state index is 0.172. The van der Waals surface area contributed by atoms with Crippen LogP contribution in [0.25, 0.3) is 0 Å². The molecule has 1 N–H and O–H groups in total. The van der Waals surface area contributed by atoms with Crippen LogP contribution in [0, 0.1) is 0 Å². The largest absolute Gasteiger partial charge is 0.465 e. The molecule has 37 heavy (non-hydrogen) atoms. The summed E-state index contributed by atoms with van der Waals surface area (Å²) in [5.41, 5.74) is 0.264. The number of carboxylic acid groups (broad SMARTS) is 1. The Morgan fingerprint density at radius 1 is 1.08 bits per heavy atom. The number of hydrogen-bond donors (Lipinski definition) is 1. The predicted octanol–water partition coefficient (Wildman–Crippen LogP) is 4.08. The van der Waals surface area contributed by atoms with E-state index in [2.05, 4.69) is 14.9 Å². The van der Waals surface area contributed by atoms with Gasteiger partial charge in [-0.2, -0.15) is 13.2 Å². The van der Waals surface area contributed by atoms with Gasteiger partial charge in [-0.05, 0) is 49.8 Å². The fourth-order valence-electron chi connectivity index (χ4n) is 5.08. The standard InChI is InChI=1S/C25H28F3N5O4/c1-31(24(35)36)22(16-4-6-17(7-5-16)25(26,27)28)23(34)32-11-10-18-8-9-21(33(18)14-32)37-20-13-29-19(12-30-20)15-2-3-15/h4-7,12-13,15,18,21-22H,2-3,8-11,14H2,1H3,(H,35,36)/t18-,21-,22?/m0/s1. The second kappa shape index (κ2) is 9.81. The van der Waals surface area contributed by atoms with Crippen LogP contribution >= 0.6 is 0 Å². The van der Waals surface area contributed by atoms with E-state index in [1.165, 1.54) is 7.05 Å². The molecule has 3 fully saturated rings. The zero-order valence-electron chi connectivity index (χ0n) is 20.3. The van der Waals surface area contributed by atoms with Gasteiger partial charge in [0.2, 0.25) is 5.88 Å². The topological polar surface area (TPSA) is 99.1 Å². The number of amides is 2. The van der Waals surface area contributed by atoms with Crippen molar-refractivity contribution in [3.63, 3.8) is 0 Å². The first-order chi connectivity index (χ1) is 17.6. The first-order valence-electron chi connectivity index (χ1n) is 12.3. The molecule has 5 rings (SSSR count). The molecule has 0 radical (unpaired) electrons. The summed E-state index contributed by atoms with van der Waals surface area (Å²) < 4.78 is 45.2. The summed E-state index contributed by atoms with van der Waals surface area (Å²) in [4.78, 5) is 38.6. The maximum absolute atomic E-state index is 13.6. The lowest BCUT2D eigenvalue weighted by molar-refractivity contribution is -0.144. The van der Waals surface area contributed by atoms with E-state index in [0.29, 0.717) is 24.8 Å². The van der Waals surface area contributed by atoms with Crippen LogP contribution in [0.15, 0.2) is 36.7 Å². The number of halogens is 3. The normalized spacial score (nSPS) is 22.9. The number of benzene rings is 1. The second-order valence-corrected chi connectivity index (χ2v) is 9.82. The Kier molecular flexibility index (Phi) is 6.69. The summed E-state index contributed by atoms with van der Waals surface area (Å²) in [5, 5.41) is 9.59. The fourth-order valence-corrected chi connectivity index (χ4v) is 5.08. The average Bonchev–Trinajstić information content (AvgIpc) is 3.65. The fraction of sp³-hybridized carbons (Fsp3) is 0.520. The minimum Gasteiger partial charge on any atom is -0.465 e. The Balaban J connectivity index is 1.31. The third-order valence-corrected chi connectivity index (χ3v) is 7.34. The lowest BCUT2D eigenvalue weighted by atomic mass is 10.0. The van der Waals surface area contributed by atoms with Crippen LogP contribution in [-0.4, -0.2) is 74.3 Å². The van der Waals surface area contributed by atoms with Crippen molar-refractivity contribution in [3.05, 3.63) is 53.5 Å². The van der Waals surface area contributed by atoms with E-state index in [0.717, 1.165) is 60.5 Å². The molecule has 1 aromatic heterocycles. The molecule has 2 aromatic rings. The van der Waals surface area contributed by atoms with Crippen molar-refractivity contribution in [1.82, 2.24) is 24.7 Å². The van der Waals surface area contributed by atoms with Crippen LogP contribution in [-0.2, 0) is 11.0 Å². The molecule has 0 spiro atoms. The molecule has 9 nitrogen and oxygen atoms in total. The molecule has 1 aromatic carbocycles. The van der Waals surface area contributed by atoms with Crippen LogP contribution < -0.4 is 4.74 Å². The molecule has 0 bridgehead atoms. The van der Waals surface area contributed by atoms with Gasteiger partial charge in [0, 0.05) is 25.6 Å². The Morgan fingerprint density at radius 2 is 1.81 bits per heavy atom. The maximum atomic E-state index is 13.6. The number of ether oxygens (including phenoxy) is 1. The van der Waals surface area contributed by atoms with Crippen LogP contribution in [0.2, 0.25) is 0 Å². The third kappa shape index (κ3) is 5.34. The molecule has 3 atom stereocenters. The highest BCUT2D eigenvalue weighted by Crippen LogP contribution is 2.39. The first-order valence-corrected chi connectivity index (χ1v) is 12.3. The molecule has 12 heteroatoms. The smallest absolute Gasteiger partial charge is 0.416 e. The van der Waals surface area contributed by atoms with Crippen molar-refractivity contribution in [2.45, 2.75) is 62.5 Å². The Labute approximate surface area is 211 Å². The summed E-state index contributed by atoms with van der Waals surface area (Å²) in [6, 6.07) is 2.95. The summed E-state index contributed by atoms with van der Waals surface area (Å²) in [6.07, 6.45) is 1.71. The number of aromatic nitrogens is 2. The molecule has 1 unspecified atom stereocenters. The number of likely N-dealkylation sites (N-methyl/N-ethyl adjacent to an activating group) is 1. The van der Waals surface area contributed by atoms with Crippen molar-refractivity contribution >= 4 is 12.0 Å². The Morgan fingerprint density at radius 3 is 2.41 bits per heavy atom. The Bertz CT molecular complexity index is 1140. The van der Waals surface area contributed by atoms with E-state index < -0.39 is 29.8 Å². The molecule has 3 heterocycles. The van der Waals surface area contributed by atoms with E-state index in [9.17, 15) is 27.9 Å². The van der Waals surface area contributed by atoms with Crippen molar-refractivity contribution in [2.24, 2.45) is 0 Å². The number of hydrogen-bond acceptors (Lipinski definition) is 6. The van der Waals surface area contributed by atoms with Crippen molar-refractivity contribution in [3.8, 4) is 5.88 Å². The molecule has 1 saturated carbocycles. The molecular weight excluding hydrogens is 491 g/mol. The monoisotopic (exact) mass is 519 g/mol. The minimum atomic E-state index is -4.54. The van der Waals surface area contributed by atoms with Gasteiger partial charge in [-0.15, -0.1) is 0 Å². The number of fused-ring (bicyclic) bond motifs is 1. The second-order valence-electron chi connectivity index (χ2n) is 9.82. The molecule has 2 amide bonds. The molecule has 198 valence electrons. The number of alkyl halides is 3. The third-order valence-electron chi connectivity index (χ3n) is 7.34. The van der Waals surface area contributed by atoms with Gasteiger partial charge < -0.3 is 14.7 Å². The summed E-state index contributed by atoms with van der Waals surface area (Å²) >= 11 is 0. The summed E-state index contributed by atoms with van der Waals surface area (Å²) in [5.74, 6) is 0.398. The molecule has 2 aliphatic heterocycles. The highest BCUT2D eigenvalue weighted by Gasteiger charge is 2.42. The van der Waals surface area contributed by atoms with Crippen molar-refractivity contribution in [2.75, 3.05) is 20.3 Å². The van der Waals surface area contributed by atoms with Crippen LogP contribution in [0.3, 0.4) is 0 Å². The number of nitrogens with zero attached hydrogens (tertiary/aromatic N) is 5. The molecule has 3 aliphatic rings. The number of carbonyl (C=O) groups is 2. The van der Waals surface area contributed by atoms with E-state index in [4.69, 9.17) is 4.74 Å². The van der Waals surface area contributed by atoms with E-state index in [1.54, 1.807) is 17.3 Å². The zero-order chi connectivity index (χ0) is 26.3. The highest BCUT2D eigenvalue weighted by atomic mass is 19.4. The van der Waals surface area contributed by atoms with Gasteiger partial charge in [0.15, 0.2) is 6.23 Å². The van der Waals surface area contributed by atoms with Gasteiger partial charge in [-0.3, -0.25) is 14.7 Å². The molecule has 1 aliphatic carbocycles. The van der Waals surface area contributed by atoms with Crippen molar-refractivity contribution in [1.29, 1.82) is 0 Å². The molecular formula is C25H28F3N5O4. The van der Waals surface area contributed by atoms with Gasteiger partial charge >= 0.3 is 12.3 Å². The van der Waals surface area contributed by atoms with E-state index in [-0.39, 0.29) is 24.5 Å². The molecule has 2 saturated heterocycles. The summed E-state index contributed by atoms with van der Waals surface area (Å²) in [7, 11) is 1.24. The first kappa shape index (κ1) is 25.2. The summed E-state index contributed by atoms with van der Waals surface area (Å²) in [6.45, 7) is 0.625. The highest BCUT2D eigenvalue weighted by molar-refractivity contribution is 5.86. The van der Waals surface area contributed by atoms with Gasteiger partial charge in [-0.25, -0.2) is 14.7 Å². The Hall–Kier alpha value is -3.41.